The van der Waals surface area contributed by atoms with Gasteiger partial charge in [0.2, 0.25) is 0 Å². The molecule has 1 unspecified atom stereocenters. The first kappa shape index (κ1) is 15.3. The number of pyridine rings is 1. The normalized spacial score (nSPS) is 19.7. The van der Waals surface area contributed by atoms with Crippen molar-refractivity contribution in [1.82, 2.24) is 10.3 Å². The van der Waals surface area contributed by atoms with Crippen molar-refractivity contribution in [3.63, 3.8) is 0 Å². The van der Waals surface area contributed by atoms with Crippen molar-refractivity contribution >= 4 is 5.82 Å². The van der Waals surface area contributed by atoms with E-state index in [0.29, 0.717) is 6.04 Å². The topological polar surface area (TPSA) is 37.4 Å². The molecule has 4 nitrogen and oxygen atoms in total. The Labute approximate surface area is 122 Å². The Hall–Kier alpha value is -1.13. The molecule has 1 aromatic heterocycles. The van der Waals surface area contributed by atoms with E-state index in [1.54, 1.807) is 0 Å². The van der Waals surface area contributed by atoms with Crippen molar-refractivity contribution in [2.75, 3.05) is 24.6 Å². The van der Waals surface area contributed by atoms with Crippen LogP contribution in [0, 0.1) is 13.8 Å². The number of nitrogens with zero attached hydrogens (tertiary/aromatic N) is 2. The molecule has 0 amide bonds. The average molecular weight is 277 g/mol. The van der Waals surface area contributed by atoms with Gasteiger partial charge >= 0.3 is 0 Å². The van der Waals surface area contributed by atoms with Gasteiger partial charge in [-0.3, -0.25) is 0 Å². The van der Waals surface area contributed by atoms with Crippen molar-refractivity contribution in [3.05, 3.63) is 22.9 Å². The fourth-order valence-corrected chi connectivity index (χ4v) is 2.64. The van der Waals surface area contributed by atoms with E-state index >= 15 is 0 Å². The second-order valence-corrected chi connectivity index (χ2v) is 6.05. The first-order valence-electron chi connectivity index (χ1n) is 7.54. The highest BCUT2D eigenvalue weighted by molar-refractivity contribution is 5.52. The monoisotopic (exact) mass is 277 g/mol. The van der Waals surface area contributed by atoms with Gasteiger partial charge in [0, 0.05) is 36.9 Å². The molecule has 1 saturated heterocycles. The van der Waals surface area contributed by atoms with Gasteiger partial charge < -0.3 is 15.0 Å². The molecule has 0 aromatic carbocycles. The van der Waals surface area contributed by atoms with Crippen LogP contribution in [0.2, 0.25) is 0 Å². The van der Waals surface area contributed by atoms with Crippen molar-refractivity contribution < 1.29 is 4.74 Å². The minimum absolute atomic E-state index is 0.275. The zero-order chi connectivity index (χ0) is 14.7. The first-order chi connectivity index (χ1) is 9.47. The predicted molar refractivity (Wildman–Crippen MR) is 83.3 cm³/mol. The largest absolute Gasteiger partial charge is 0.375 e. The molecule has 1 atom stereocenters. The lowest BCUT2D eigenvalue weighted by molar-refractivity contribution is 0.0528. The number of rotatable bonds is 4. The highest BCUT2D eigenvalue weighted by atomic mass is 16.5. The van der Waals surface area contributed by atoms with E-state index in [2.05, 4.69) is 50.9 Å². The van der Waals surface area contributed by atoms with Crippen molar-refractivity contribution in [3.8, 4) is 0 Å². The van der Waals surface area contributed by atoms with Gasteiger partial charge in [0.15, 0.2) is 0 Å². The van der Waals surface area contributed by atoms with Gasteiger partial charge in [-0.15, -0.1) is 0 Å². The Morgan fingerprint density at radius 1 is 1.45 bits per heavy atom. The van der Waals surface area contributed by atoms with Crippen molar-refractivity contribution in [2.45, 2.75) is 53.3 Å². The summed E-state index contributed by atoms with van der Waals surface area (Å²) in [4.78, 5) is 7.17. The molecule has 0 spiro atoms. The van der Waals surface area contributed by atoms with Crippen molar-refractivity contribution in [1.29, 1.82) is 0 Å². The summed E-state index contributed by atoms with van der Waals surface area (Å²) in [5.41, 5.74) is 3.73. The Morgan fingerprint density at radius 3 is 2.85 bits per heavy atom. The smallest absolute Gasteiger partial charge is 0.133 e. The number of morpholine rings is 1. The van der Waals surface area contributed by atoms with Crippen LogP contribution in [-0.2, 0) is 11.3 Å². The highest BCUT2D eigenvalue weighted by Gasteiger charge is 2.21. The standard InChI is InChI=1S/C16H27N3O/c1-11(2)17-9-15-12(3)8-13(4)18-16(15)19-6-7-20-14(5)10-19/h8,11,14,17H,6-7,9-10H2,1-5H3. The van der Waals surface area contributed by atoms with Gasteiger partial charge in [-0.1, -0.05) is 13.8 Å². The molecular weight excluding hydrogens is 250 g/mol. The molecule has 0 saturated carbocycles. The van der Waals surface area contributed by atoms with Crippen LogP contribution in [0.15, 0.2) is 6.07 Å². The van der Waals surface area contributed by atoms with E-state index in [4.69, 9.17) is 9.72 Å². The summed E-state index contributed by atoms with van der Waals surface area (Å²) in [5.74, 6) is 1.13. The summed E-state index contributed by atoms with van der Waals surface area (Å²) in [5, 5.41) is 3.51. The maximum Gasteiger partial charge on any atom is 0.133 e. The van der Waals surface area contributed by atoms with E-state index < -0.39 is 0 Å². The number of aryl methyl sites for hydroxylation is 2. The third-order valence-electron chi connectivity index (χ3n) is 3.68. The Bertz CT molecular complexity index is 459. The highest BCUT2D eigenvalue weighted by Crippen LogP contribution is 2.24. The lowest BCUT2D eigenvalue weighted by atomic mass is 10.1. The molecule has 1 fully saturated rings. The van der Waals surface area contributed by atoms with Crippen LogP contribution in [0.1, 0.15) is 37.6 Å². The van der Waals surface area contributed by atoms with Gasteiger partial charge in [-0.05, 0) is 32.4 Å². The number of ether oxygens (including phenoxy) is 1. The molecule has 1 N–H and O–H groups in total. The van der Waals surface area contributed by atoms with E-state index in [1.165, 1.54) is 11.1 Å². The van der Waals surface area contributed by atoms with Gasteiger partial charge in [0.25, 0.3) is 0 Å². The molecule has 1 aliphatic heterocycles. The van der Waals surface area contributed by atoms with E-state index in [0.717, 1.165) is 37.8 Å². The number of hydrogen-bond donors (Lipinski definition) is 1. The summed E-state index contributed by atoms with van der Waals surface area (Å²) in [7, 11) is 0. The quantitative estimate of drug-likeness (QED) is 0.917. The number of hydrogen-bond acceptors (Lipinski definition) is 4. The third-order valence-corrected chi connectivity index (χ3v) is 3.68. The SMILES string of the molecule is Cc1cc(C)c(CNC(C)C)c(N2CCOC(C)C2)n1. The van der Waals surface area contributed by atoms with Crippen LogP contribution in [0.5, 0.6) is 0 Å². The fourth-order valence-electron chi connectivity index (χ4n) is 2.64. The van der Waals surface area contributed by atoms with E-state index in [-0.39, 0.29) is 6.10 Å². The van der Waals surface area contributed by atoms with E-state index in [9.17, 15) is 0 Å². The maximum absolute atomic E-state index is 5.64. The second kappa shape index (κ2) is 6.55. The molecule has 20 heavy (non-hydrogen) atoms. The van der Waals surface area contributed by atoms with Crippen molar-refractivity contribution in [2.24, 2.45) is 0 Å². The number of nitrogens with one attached hydrogen (secondary N) is 1. The summed E-state index contributed by atoms with van der Waals surface area (Å²) >= 11 is 0. The molecule has 4 heteroatoms. The second-order valence-electron chi connectivity index (χ2n) is 6.05. The van der Waals surface area contributed by atoms with Crippen LogP contribution in [0.4, 0.5) is 5.82 Å². The summed E-state index contributed by atoms with van der Waals surface area (Å²) < 4.78 is 5.64. The average Bonchev–Trinajstić information content (AvgIpc) is 2.36. The molecular formula is C16H27N3O. The molecule has 0 aliphatic carbocycles. The summed E-state index contributed by atoms with van der Waals surface area (Å²) in [6, 6.07) is 2.65. The molecule has 2 heterocycles. The summed E-state index contributed by atoms with van der Waals surface area (Å²) in [6.07, 6.45) is 0.275. The molecule has 1 aromatic rings. The number of aromatic nitrogens is 1. The van der Waals surface area contributed by atoms with Crippen LogP contribution in [0.25, 0.3) is 0 Å². The Balaban J connectivity index is 2.28. The molecule has 2 rings (SSSR count). The van der Waals surface area contributed by atoms with E-state index in [1.807, 2.05) is 0 Å². The van der Waals surface area contributed by atoms with Crippen LogP contribution in [-0.4, -0.2) is 36.8 Å². The van der Waals surface area contributed by atoms with Crippen LogP contribution < -0.4 is 10.2 Å². The fraction of sp³-hybridized carbons (Fsp3) is 0.688. The van der Waals surface area contributed by atoms with Crippen LogP contribution >= 0.6 is 0 Å². The van der Waals surface area contributed by atoms with Gasteiger partial charge in [-0.25, -0.2) is 4.98 Å². The van der Waals surface area contributed by atoms with Gasteiger partial charge in [0.05, 0.1) is 12.7 Å². The summed E-state index contributed by atoms with van der Waals surface area (Å²) in [6.45, 7) is 14.2. The zero-order valence-electron chi connectivity index (χ0n) is 13.4. The van der Waals surface area contributed by atoms with Crippen LogP contribution in [0.3, 0.4) is 0 Å². The Kier molecular flexibility index (Phi) is 5.00. The minimum atomic E-state index is 0.275. The third kappa shape index (κ3) is 3.70. The number of anilines is 1. The molecule has 0 bridgehead atoms. The molecule has 112 valence electrons. The maximum atomic E-state index is 5.64. The molecule has 0 radical (unpaired) electrons. The lowest BCUT2D eigenvalue weighted by Gasteiger charge is -2.34. The van der Waals surface area contributed by atoms with Gasteiger partial charge in [-0.2, -0.15) is 0 Å². The molecule has 1 aliphatic rings. The predicted octanol–water partition coefficient (Wildman–Crippen LogP) is 2.42. The first-order valence-corrected chi connectivity index (χ1v) is 7.54. The lowest BCUT2D eigenvalue weighted by Crippen LogP contribution is -2.42. The Morgan fingerprint density at radius 2 is 2.20 bits per heavy atom. The minimum Gasteiger partial charge on any atom is -0.375 e. The van der Waals surface area contributed by atoms with Gasteiger partial charge in [0.1, 0.15) is 5.82 Å². The zero-order valence-corrected chi connectivity index (χ0v) is 13.4.